The third-order valence-electron chi connectivity index (χ3n) is 5.73. The second kappa shape index (κ2) is 8.94. The molecule has 4 rings (SSSR count). The summed E-state index contributed by atoms with van der Waals surface area (Å²) in [4.78, 5) is 0. The van der Waals surface area contributed by atoms with E-state index in [1.54, 1.807) is 0 Å². The average molecular weight is 382 g/mol. The minimum Gasteiger partial charge on any atom is -0.305 e. The van der Waals surface area contributed by atoms with Crippen LogP contribution in [-0.4, -0.2) is 18.1 Å². The molecule has 1 aliphatic heterocycles. The molecule has 146 valence electrons. The van der Waals surface area contributed by atoms with E-state index in [0.717, 1.165) is 41.5 Å². The van der Waals surface area contributed by atoms with Crippen molar-refractivity contribution < 1.29 is 0 Å². The Morgan fingerprint density at radius 3 is 2.48 bits per heavy atom. The smallest absolute Gasteiger partial charge is 0.0998 e. The molecule has 3 aromatic carbocycles. The summed E-state index contributed by atoms with van der Waals surface area (Å²) in [6.45, 7) is 6.81. The Labute approximate surface area is 173 Å². The van der Waals surface area contributed by atoms with Crippen LogP contribution in [0.25, 0.3) is 16.8 Å². The van der Waals surface area contributed by atoms with Gasteiger partial charge in [0.2, 0.25) is 0 Å². The van der Waals surface area contributed by atoms with Gasteiger partial charge in [0.1, 0.15) is 0 Å². The first kappa shape index (κ1) is 19.2. The van der Waals surface area contributed by atoms with Gasteiger partial charge in [0.25, 0.3) is 0 Å². The van der Waals surface area contributed by atoms with E-state index in [1.165, 1.54) is 36.9 Å². The molecule has 0 amide bonds. The fourth-order valence-electron chi connectivity index (χ4n) is 4.24. The summed E-state index contributed by atoms with van der Waals surface area (Å²) >= 11 is 0. The molecule has 0 unspecified atom stereocenters. The second-order valence-corrected chi connectivity index (χ2v) is 7.66. The van der Waals surface area contributed by atoms with Crippen molar-refractivity contribution in [3.8, 4) is 6.07 Å². The number of nitrogens with zero attached hydrogens (tertiary/aromatic N) is 3. The number of anilines is 1. The van der Waals surface area contributed by atoms with E-state index < -0.39 is 0 Å². The fourth-order valence-corrected chi connectivity index (χ4v) is 4.24. The molecule has 0 spiro atoms. The standard InChI is InChI=1S/C26H27N3/c1-2-21-10-9-11-22(18-21)20-28-16-7-3-4-8-17-29(28)26-15-14-23(19-27)24-12-5-6-13-25(24)26/h2,5-6,9-15,18H,1,3-4,7-8,16-17,20H2. The second-order valence-electron chi connectivity index (χ2n) is 7.66. The Kier molecular flexibility index (Phi) is 5.93. The van der Waals surface area contributed by atoms with Crippen molar-refractivity contribution in [2.45, 2.75) is 32.2 Å². The van der Waals surface area contributed by atoms with Crippen molar-refractivity contribution in [2.24, 2.45) is 0 Å². The van der Waals surface area contributed by atoms with Gasteiger partial charge < -0.3 is 5.01 Å². The largest absolute Gasteiger partial charge is 0.305 e. The van der Waals surface area contributed by atoms with Crippen molar-refractivity contribution >= 4 is 22.5 Å². The van der Waals surface area contributed by atoms with Gasteiger partial charge in [0, 0.05) is 30.4 Å². The van der Waals surface area contributed by atoms with Gasteiger partial charge in [-0.15, -0.1) is 0 Å². The summed E-state index contributed by atoms with van der Waals surface area (Å²) in [6, 6.07) is 23.3. The van der Waals surface area contributed by atoms with Crippen molar-refractivity contribution in [1.82, 2.24) is 5.01 Å². The van der Waals surface area contributed by atoms with Crippen LogP contribution in [0.3, 0.4) is 0 Å². The Morgan fingerprint density at radius 2 is 1.69 bits per heavy atom. The van der Waals surface area contributed by atoms with Crippen LogP contribution in [-0.2, 0) is 6.54 Å². The highest BCUT2D eigenvalue weighted by Gasteiger charge is 2.21. The monoisotopic (exact) mass is 381 g/mol. The molecule has 0 saturated carbocycles. The fraction of sp³-hybridized carbons (Fsp3) is 0.269. The van der Waals surface area contributed by atoms with E-state index in [4.69, 9.17) is 0 Å². The molecule has 0 bridgehead atoms. The van der Waals surface area contributed by atoms with Crippen LogP contribution < -0.4 is 5.01 Å². The number of hydrogen-bond donors (Lipinski definition) is 0. The molecule has 3 heteroatoms. The molecule has 1 saturated heterocycles. The minimum absolute atomic E-state index is 0.738. The summed E-state index contributed by atoms with van der Waals surface area (Å²) in [5.74, 6) is 0. The van der Waals surface area contributed by atoms with Gasteiger partial charge in [-0.2, -0.15) is 5.26 Å². The summed E-state index contributed by atoms with van der Waals surface area (Å²) < 4.78 is 0. The third kappa shape index (κ3) is 4.18. The van der Waals surface area contributed by atoms with Gasteiger partial charge in [-0.25, -0.2) is 5.01 Å². The quantitative estimate of drug-likeness (QED) is 0.543. The van der Waals surface area contributed by atoms with Crippen molar-refractivity contribution in [3.63, 3.8) is 0 Å². The van der Waals surface area contributed by atoms with Gasteiger partial charge in [-0.3, -0.25) is 0 Å². The molecule has 3 nitrogen and oxygen atoms in total. The number of hydrogen-bond acceptors (Lipinski definition) is 3. The first-order chi connectivity index (χ1) is 14.3. The molecule has 0 radical (unpaired) electrons. The normalized spacial score (nSPS) is 15.5. The molecule has 29 heavy (non-hydrogen) atoms. The Morgan fingerprint density at radius 1 is 0.897 bits per heavy atom. The van der Waals surface area contributed by atoms with Crippen molar-refractivity contribution in [3.05, 3.63) is 83.9 Å². The van der Waals surface area contributed by atoms with Gasteiger partial charge in [-0.05, 0) is 36.1 Å². The van der Waals surface area contributed by atoms with Crippen LogP contribution in [0.15, 0.2) is 67.2 Å². The molecule has 0 aliphatic carbocycles. The van der Waals surface area contributed by atoms with Crippen LogP contribution >= 0.6 is 0 Å². The van der Waals surface area contributed by atoms with Gasteiger partial charge in [0.05, 0.1) is 17.3 Å². The molecule has 1 fully saturated rings. The number of nitriles is 1. The summed E-state index contributed by atoms with van der Waals surface area (Å²) in [6.07, 6.45) is 6.84. The Hall–Kier alpha value is -3.09. The Bertz CT molecular complexity index is 1050. The lowest BCUT2D eigenvalue weighted by Gasteiger charge is -2.39. The predicted octanol–water partition coefficient (Wildman–Crippen LogP) is 6.15. The number of fused-ring (bicyclic) bond motifs is 1. The summed E-state index contributed by atoms with van der Waals surface area (Å²) in [5, 5.41) is 16.6. The molecular weight excluding hydrogens is 354 g/mol. The predicted molar refractivity (Wildman–Crippen MR) is 121 cm³/mol. The van der Waals surface area contributed by atoms with Crippen LogP contribution in [0.4, 0.5) is 5.69 Å². The van der Waals surface area contributed by atoms with Crippen molar-refractivity contribution in [2.75, 3.05) is 18.1 Å². The van der Waals surface area contributed by atoms with Crippen molar-refractivity contribution in [1.29, 1.82) is 5.26 Å². The zero-order valence-electron chi connectivity index (χ0n) is 16.8. The highest BCUT2D eigenvalue weighted by molar-refractivity contribution is 5.97. The minimum atomic E-state index is 0.738. The molecule has 0 N–H and O–H groups in total. The van der Waals surface area contributed by atoms with Gasteiger partial charge in [-0.1, -0.05) is 74.0 Å². The zero-order valence-corrected chi connectivity index (χ0v) is 16.8. The van der Waals surface area contributed by atoms with E-state index in [9.17, 15) is 5.26 Å². The summed E-state index contributed by atoms with van der Waals surface area (Å²) in [7, 11) is 0. The van der Waals surface area contributed by atoms with E-state index >= 15 is 0 Å². The lowest BCUT2D eigenvalue weighted by Crippen LogP contribution is -2.44. The first-order valence-corrected chi connectivity index (χ1v) is 10.5. The highest BCUT2D eigenvalue weighted by atomic mass is 15.6. The van der Waals surface area contributed by atoms with Gasteiger partial charge >= 0.3 is 0 Å². The highest BCUT2D eigenvalue weighted by Crippen LogP contribution is 2.32. The maximum absolute atomic E-state index is 9.53. The topological polar surface area (TPSA) is 30.3 Å². The number of benzene rings is 3. The molecular formula is C26H27N3. The van der Waals surface area contributed by atoms with Crippen LogP contribution in [0.5, 0.6) is 0 Å². The van der Waals surface area contributed by atoms with Crippen LogP contribution in [0.1, 0.15) is 42.4 Å². The molecule has 0 atom stereocenters. The molecule has 3 aromatic rings. The average Bonchev–Trinajstić information content (AvgIpc) is 2.75. The molecule has 0 aromatic heterocycles. The zero-order chi connectivity index (χ0) is 20.1. The number of hydrazine groups is 1. The van der Waals surface area contributed by atoms with Gasteiger partial charge in [0.15, 0.2) is 0 Å². The lowest BCUT2D eigenvalue weighted by atomic mass is 10.0. The van der Waals surface area contributed by atoms with E-state index in [2.05, 4.69) is 71.2 Å². The van der Waals surface area contributed by atoms with E-state index in [-0.39, 0.29) is 0 Å². The van der Waals surface area contributed by atoms with E-state index in [1.807, 2.05) is 18.2 Å². The van der Waals surface area contributed by atoms with Crippen LogP contribution in [0.2, 0.25) is 0 Å². The number of rotatable bonds is 4. The van der Waals surface area contributed by atoms with E-state index in [0.29, 0.717) is 0 Å². The maximum atomic E-state index is 9.53. The molecule has 1 aliphatic rings. The Balaban J connectivity index is 1.75. The third-order valence-corrected chi connectivity index (χ3v) is 5.73. The maximum Gasteiger partial charge on any atom is 0.0998 e. The summed E-state index contributed by atoms with van der Waals surface area (Å²) in [5.41, 5.74) is 4.39. The molecule has 1 heterocycles. The first-order valence-electron chi connectivity index (χ1n) is 10.5. The van der Waals surface area contributed by atoms with Crippen LogP contribution in [0, 0.1) is 11.3 Å². The lowest BCUT2D eigenvalue weighted by molar-refractivity contribution is 0.222. The SMILES string of the molecule is C=Cc1cccc(CN2CCCCCCN2c2ccc(C#N)c3ccccc23)c1.